The Morgan fingerprint density at radius 2 is 2.07 bits per heavy atom. The Labute approximate surface area is 90.2 Å². The predicted octanol–water partition coefficient (Wildman–Crippen LogP) is 3.72. The molecule has 2 heteroatoms. The Balaban J connectivity index is 2.44. The van der Waals surface area contributed by atoms with E-state index in [0.717, 1.165) is 12.2 Å². The van der Waals surface area contributed by atoms with Crippen LogP contribution < -0.4 is 0 Å². The molecule has 1 aromatic carbocycles. The largest absolute Gasteiger partial charge is 0.504 e. The average molecular weight is 208 g/mol. The van der Waals surface area contributed by atoms with Crippen molar-refractivity contribution in [1.82, 2.24) is 0 Å². The normalized spacial score (nSPS) is 11.4. The van der Waals surface area contributed by atoms with E-state index in [1.54, 1.807) is 7.11 Å². The van der Waals surface area contributed by atoms with Crippen LogP contribution in [0.15, 0.2) is 47.1 Å². The second-order valence-electron chi connectivity index (χ2n) is 2.97. The van der Waals surface area contributed by atoms with E-state index < -0.39 is 0 Å². The van der Waals surface area contributed by atoms with Gasteiger partial charge in [0.15, 0.2) is 0 Å². The summed E-state index contributed by atoms with van der Waals surface area (Å²) < 4.78 is 5.01. The Morgan fingerprint density at radius 1 is 1.36 bits per heavy atom. The summed E-state index contributed by atoms with van der Waals surface area (Å²) in [6.45, 7) is 2.15. The molecule has 0 aromatic heterocycles. The van der Waals surface area contributed by atoms with Crippen molar-refractivity contribution in [2.75, 3.05) is 12.9 Å². The summed E-state index contributed by atoms with van der Waals surface area (Å²) in [5.41, 5.74) is 1.33. The molecule has 0 heterocycles. The Bertz CT molecular complexity index is 280. The topological polar surface area (TPSA) is 9.23 Å². The smallest absolute Gasteiger partial charge is 0.0824 e. The number of hydrogen-bond acceptors (Lipinski definition) is 2. The molecule has 14 heavy (non-hydrogen) atoms. The standard InChI is InChI=1S/C12H16OS/c1-3-11(9-13-2)10-14-12-7-5-4-6-8-12/h4-9H,3,10H2,1-2H3. The van der Waals surface area contributed by atoms with Gasteiger partial charge >= 0.3 is 0 Å². The molecular weight excluding hydrogens is 192 g/mol. The molecule has 0 saturated heterocycles. The van der Waals surface area contributed by atoms with Crippen LogP contribution >= 0.6 is 11.8 Å². The molecule has 0 N–H and O–H groups in total. The van der Waals surface area contributed by atoms with Crippen molar-refractivity contribution < 1.29 is 4.74 Å². The van der Waals surface area contributed by atoms with Gasteiger partial charge in [-0.2, -0.15) is 0 Å². The molecule has 0 fully saturated rings. The highest BCUT2D eigenvalue weighted by Crippen LogP contribution is 2.20. The Hall–Kier alpha value is -0.890. The van der Waals surface area contributed by atoms with E-state index in [0.29, 0.717) is 0 Å². The van der Waals surface area contributed by atoms with Gasteiger partial charge in [-0.25, -0.2) is 0 Å². The molecule has 0 atom stereocenters. The van der Waals surface area contributed by atoms with E-state index in [9.17, 15) is 0 Å². The van der Waals surface area contributed by atoms with Gasteiger partial charge in [-0.15, -0.1) is 11.8 Å². The van der Waals surface area contributed by atoms with Crippen LogP contribution in [-0.2, 0) is 4.74 Å². The third kappa shape index (κ3) is 3.88. The minimum Gasteiger partial charge on any atom is -0.504 e. The Morgan fingerprint density at radius 3 is 2.64 bits per heavy atom. The van der Waals surface area contributed by atoms with Gasteiger partial charge < -0.3 is 4.74 Å². The average Bonchev–Trinajstić information content (AvgIpc) is 2.25. The SMILES string of the molecule is CCC(=COC)CSc1ccccc1. The molecule has 0 aliphatic heterocycles. The minimum atomic E-state index is 1.01. The summed E-state index contributed by atoms with van der Waals surface area (Å²) in [6.07, 6.45) is 2.89. The molecule has 0 amide bonds. The molecule has 0 spiro atoms. The van der Waals surface area contributed by atoms with E-state index >= 15 is 0 Å². The fraction of sp³-hybridized carbons (Fsp3) is 0.333. The van der Waals surface area contributed by atoms with Gasteiger partial charge in [-0.3, -0.25) is 0 Å². The molecule has 1 nitrogen and oxygen atoms in total. The second-order valence-corrected chi connectivity index (χ2v) is 4.02. The highest BCUT2D eigenvalue weighted by atomic mass is 32.2. The zero-order valence-electron chi connectivity index (χ0n) is 8.69. The van der Waals surface area contributed by atoms with Gasteiger partial charge in [0.1, 0.15) is 0 Å². The van der Waals surface area contributed by atoms with Crippen molar-refractivity contribution in [1.29, 1.82) is 0 Å². The molecule has 1 rings (SSSR count). The van der Waals surface area contributed by atoms with Crippen molar-refractivity contribution in [2.24, 2.45) is 0 Å². The summed E-state index contributed by atoms with van der Waals surface area (Å²) in [4.78, 5) is 1.31. The van der Waals surface area contributed by atoms with Crippen LogP contribution in [0.5, 0.6) is 0 Å². The quantitative estimate of drug-likeness (QED) is 0.539. The van der Waals surface area contributed by atoms with Crippen LogP contribution in [0, 0.1) is 0 Å². The van der Waals surface area contributed by atoms with Crippen LogP contribution in [0.2, 0.25) is 0 Å². The highest BCUT2D eigenvalue weighted by Gasteiger charge is 1.96. The van der Waals surface area contributed by atoms with Gasteiger partial charge in [-0.1, -0.05) is 25.1 Å². The summed E-state index contributed by atoms with van der Waals surface area (Å²) in [5, 5.41) is 0. The third-order valence-electron chi connectivity index (χ3n) is 1.91. The van der Waals surface area contributed by atoms with Crippen molar-refractivity contribution in [2.45, 2.75) is 18.2 Å². The van der Waals surface area contributed by atoms with Gasteiger partial charge in [0.2, 0.25) is 0 Å². The van der Waals surface area contributed by atoms with Gasteiger partial charge in [0.25, 0.3) is 0 Å². The van der Waals surface area contributed by atoms with Crippen LogP contribution in [0.4, 0.5) is 0 Å². The third-order valence-corrected chi connectivity index (χ3v) is 3.03. The van der Waals surface area contributed by atoms with Crippen molar-refractivity contribution in [3.05, 3.63) is 42.2 Å². The maximum absolute atomic E-state index is 5.01. The predicted molar refractivity (Wildman–Crippen MR) is 62.5 cm³/mol. The molecule has 0 saturated carbocycles. The first kappa shape index (κ1) is 11.2. The first-order chi connectivity index (χ1) is 6.86. The zero-order chi connectivity index (χ0) is 10.2. The fourth-order valence-corrected chi connectivity index (χ4v) is 2.05. The second kappa shape index (κ2) is 6.55. The zero-order valence-corrected chi connectivity index (χ0v) is 9.51. The number of thioether (sulfide) groups is 1. The first-order valence-corrected chi connectivity index (χ1v) is 5.74. The molecule has 0 unspecified atom stereocenters. The monoisotopic (exact) mass is 208 g/mol. The molecular formula is C12H16OS. The molecule has 1 aromatic rings. The molecule has 0 radical (unpaired) electrons. The van der Waals surface area contributed by atoms with E-state index in [1.807, 2.05) is 24.1 Å². The summed E-state index contributed by atoms with van der Waals surface area (Å²) in [6, 6.07) is 10.4. The van der Waals surface area contributed by atoms with Crippen LogP contribution in [-0.4, -0.2) is 12.9 Å². The van der Waals surface area contributed by atoms with Crippen molar-refractivity contribution in [3.63, 3.8) is 0 Å². The number of benzene rings is 1. The number of ether oxygens (including phenoxy) is 1. The van der Waals surface area contributed by atoms with E-state index in [-0.39, 0.29) is 0 Å². The summed E-state index contributed by atoms with van der Waals surface area (Å²) >= 11 is 1.84. The van der Waals surface area contributed by atoms with Crippen LogP contribution in [0.25, 0.3) is 0 Å². The lowest BCUT2D eigenvalue weighted by molar-refractivity contribution is 0.333. The minimum absolute atomic E-state index is 1.01. The maximum Gasteiger partial charge on any atom is 0.0824 e. The summed E-state index contributed by atoms with van der Waals surface area (Å²) in [7, 11) is 1.70. The molecule has 0 aliphatic rings. The highest BCUT2D eigenvalue weighted by molar-refractivity contribution is 7.99. The van der Waals surface area contributed by atoms with E-state index in [2.05, 4.69) is 31.2 Å². The lowest BCUT2D eigenvalue weighted by Crippen LogP contribution is -1.87. The van der Waals surface area contributed by atoms with Gasteiger partial charge in [-0.05, 0) is 24.1 Å². The van der Waals surface area contributed by atoms with Crippen LogP contribution in [0.3, 0.4) is 0 Å². The van der Waals surface area contributed by atoms with Crippen molar-refractivity contribution >= 4 is 11.8 Å². The molecule has 76 valence electrons. The number of hydrogen-bond donors (Lipinski definition) is 0. The van der Waals surface area contributed by atoms with Gasteiger partial charge in [0, 0.05) is 10.6 Å². The number of methoxy groups -OCH3 is 1. The molecule has 0 bridgehead atoms. The first-order valence-electron chi connectivity index (χ1n) is 4.75. The lowest BCUT2D eigenvalue weighted by atomic mass is 10.3. The summed E-state index contributed by atoms with van der Waals surface area (Å²) in [5.74, 6) is 1.01. The number of rotatable bonds is 5. The fourth-order valence-electron chi connectivity index (χ4n) is 1.08. The maximum atomic E-state index is 5.01. The van der Waals surface area contributed by atoms with E-state index in [4.69, 9.17) is 4.74 Å². The van der Waals surface area contributed by atoms with Crippen molar-refractivity contribution in [3.8, 4) is 0 Å². The van der Waals surface area contributed by atoms with Gasteiger partial charge in [0.05, 0.1) is 13.4 Å². The van der Waals surface area contributed by atoms with Crippen LogP contribution in [0.1, 0.15) is 13.3 Å². The molecule has 0 aliphatic carbocycles. The van der Waals surface area contributed by atoms with E-state index in [1.165, 1.54) is 10.5 Å². The lowest BCUT2D eigenvalue weighted by Gasteiger charge is -2.03. The Kier molecular flexibility index (Phi) is 5.23.